The zero-order valence-corrected chi connectivity index (χ0v) is 68.4. The van der Waals surface area contributed by atoms with Crippen molar-refractivity contribution in [1.29, 1.82) is 0 Å². The molecule has 0 fully saturated rings. The number of unbranched alkanes of at least 4 members (excludes halogenated alkanes) is 58. The van der Waals surface area contributed by atoms with Crippen LogP contribution in [0.4, 0.5) is 0 Å². The first-order valence-corrected chi connectivity index (χ1v) is 46.3. The van der Waals surface area contributed by atoms with E-state index < -0.39 is 97.5 Å². The lowest BCUT2D eigenvalue weighted by atomic mass is 10.0. The van der Waals surface area contributed by atoms with Gasteiger partial charge in [0.15, 0.2) is 12.2 Å². The van der Waals surface area contributed by atoms with Crippen LogP contribution in [-0.2, 0) is 65.4 Å². The molecule has 17 nitrogen and oxygen atoms in total. The molecule has 0 aromatic rings. The van der Waals surface area contributed by atoms with Crippen molar-refractivity contribution in [3.05, 3.63) is 0 Å². The summed E-state index contributed by atoms with van der Waals surface area (Å²) in [6.45, 7) is 5.05. The van der Waals surface area contributed by atoms with Crippen molar-refractivity contribution in [3.63, 3.8) is 0 Å². The number of hydrogen-bond acceptors (Lipinski definition) is 15. The zero-order valence-electron chi connectivity index (χ0n) is 66.6. The highest BCUT2D eigenvalue weighted by molar-refractivity contribution is 7.47. The molecule has 0 spiro atoms. The zero-order chi connectivity index (χ0) is 74.6. The molecule has 5 atom stereocenters. The summed E-state index contributed by atoms with van der Waals surface area (Å²) in [6.07, 6.45) is 70.6. The maximum atomic E-state index is 13.1. The maximum absolute atomic E-state index is 13.1. The standard InChI is InChI=1S/C83H162O17P2/c1-5-9-13-17-21-25-29-33-35-37-38-39-40-42-46-50-54-58-62-66-70-83(88)100-79(74-94-81(86)68-64-60-56-52-48-45-41-36-34-30-26-22-18-14-10-6-2)76-98-102(91,92)96-72-77(84)71-95-101(89,90)97-75-78(99-82(87)69-65-61-57-53-49-44-32-28-24-20-16-12-8-4)73-93-80(85)67-63-59-55-51-47-43-31-27-23-19-15-11-7-3/h77-79,84H,5-76H2,1-4H3,(H,89,90)(H,91,92)/t77-,78+,79+/m0/s1. The molecule has 0 aliphatic carbocycles. The Kier molecular flexibility index (Phi) is 75.8. The minimum atomic E-state index is -4.96. The molecule has 0 aromatic heterocycles. The van der Waals surface area contributed by atoms with Crippen LogP contribution in [-0.4, -0.2) is 96.7 Å². The molecule has 0 rings (SSSR count). The summed E-state index contributed by atoms with van der Waals surface area (Å²) in [5.74, 6) is -2.10. The van der Waals surface area contributed by atoms with Crippen LogP contribution in [0.3, 0.4) is 0 Å². The van der Waals surface area contributed by atoms with Gasteiger partial charge in [0.2, 0.25) is 0 Å². The van der Waals surface area contributed by atoms with Gasteiger partial charge in [0, 0.05) is 25.7 Å². The maximum Gasteiger partial charge on any atom is 0.472 e. The van der Waals surface area contributed by atoms with Crippen LogP contribution < -0.4 is 0 Å². The molecule has 0 aromatic carbocycles. The lowest BCUT2D eigenvalue weighted by Crippen LogP contribution is -2.30. The van der Waals surface area contributed by atoms with Crippen molar-refractivity contribution < 1.29 is 80.2 Å². The summed E-state index contributed by atoms with van der Waals surface area (Å²) in [5, 5.41) is 10.7. The van der Waals surface area contributed by atoms with Crippen molar-refractivity contribution in [3.8, 4) is 0 Å². The fourth-order valence-corrected chi connectivity index (χ4v) is 14.6. The summed E-state index contributed by atoms with van der Waals surface area (Å²) in [5.41, 5.74) is 0. The third kappa shape index (κ3) is 76.3. The number of ether oxygens (including phenoxy) is 4. The topological polar surface area (TPSA) is 237 Å². The molecule has 0 radical (unpaired) electrons. The van der Waals surface area contributed by atoms with E-state index in [2.05, 4.69) is 27.7 Å². The molecule has 0 heterocycles. The van der Waals surface area contributed by atoms with Gasteiger partial charge in [-0.15, -0.1) is 0 Å². The fourth-order valence-electron chi connectivity index (χ4n) is 13.0. The van der Waals surface area contributed by atoms with E-state index >= 15 is 0 Å². The first-order valence-electron chi connectivity index (χ1n) is 43.3. The largest absolute Gasteiger partial charge is 0.472 e. The summed E-state index contributed by atoms with van der Waals surface area (Å²) in [6, 6.07) is 0. The molecule has 2 unspecified atom stereocenters. The Morgan fingerprint density at radius 3 is 0.578 bits per heavy atom. The molecule has 3 N–H and O–H groups in total. The minimum absolute atomic E-state index is 0.109. The van der Waals surface area contributed by atoms with Gasteiger partial charge in [-0.2, -0.15) is 0 Å². The van der Waals surface area contributed by atoms with E-state index in [-0.39, 0.29) is 25.7 Å². The van der Waals surface area contributed by atoms with E-state index in [9.17, 15) is 43.2 Å². The van der Waals surface area contributed by atoms with Crippen LogP contribution in [0.2, 0.25) is 0 Å². The van der Waals surface area contributed by atoms with Gasteiger partial charge >= 0.3 is 39.5 Å². The third-order valence-corrected chi connectivity index (χ3v) is 21.5. The second kappa shape index (κ2) is 77.2. The third-order valence-electron chi connectivity index (χ3n) is 19.6. The second-order valence-electron chi connectivity index (χ2n) is 29.9. The monoisotopic (exact) mass is 1490 g/mol. The van der Waals surface area contributed by atoms with E-state index in [0.29, 0.717) is 25.7 Å². The smallest absolute Gasteiger partial charge is 0.462 e. The van der Waals surface area contributed by atoms with Gasteiger partial charge in [0.25, 0.3) is 0 Å². The molecule has 0 saturated heterocycles. The molecular formula is C83H162O17P2. The van der Waals surface area contributed by atoms with Gasteiger partial charge in [0.1, 0.15) is 19.3 Å². The Labute approximate surface area is 626 Å². The van der Waals surface area contributed by atoms with Gasteiger partial charge < -0.3 is 33.8 Å². The van der Waals surface area contributed by atoms with Gasteiger partial charge in [-0.3, -0.25) is 37.3 Å². The number of carbonyl (C=O) groups excluding carboxylic acids is 4. The van der Waals surface area contributed by atoms with Crippen LogP contribution in [0.5, 0.6) is 0 Å². The summed E-state index contributed by atoms with van der Waals surface area (Å²) in [7, 11) is -9.92. The highest BCUT2D eigenvalue weighted by Gasteiger charge is 2.30. The predicted molar refractivity (Wildman–Crippen MR) is 419 cm³/mol. The molecular weight excluding hydrogens is 1330 g/mol. The first kappa shape index (κ1) is 100. The Morgan fingerprint density at radius 2 is 0.392 bits per heavy atom. The van der Waals surface area contributed by atoms with Crippen LogP contribution in [0, 0.1) is 0 Å². The molecule has 0 bridgehead atoms. The van der Waals surface area contributed by atoms with Gasteiger partial charge in [-0.05, 0) is 25.7 Å². The highest BCUT2D eigenvalue weighted by atomic mass is 31.2. The number of carbonyl (C=O) groups is 4. The van der Waals surface area contributed by atoms with E-state index in [1.54, 1.807) is 0 Å². The van der Waals surface area contributed by atoms with Crippen LogP contribution in [0.25, 0.3) is 0 Å². The van der Waals surface area contributed by atoms with Crippen LogP contribution >= 0.6 is 15.6 Å². The second-order valence-corrected chi connectivity index (χ2v) is 32.8. The van der Waals surface area contributed by atoms with Gasteiger partial charge in [0.05, 0.1) is 26.4 Å². The van der Waals surface area contributed by atoms with E-state index in [1.807, 2.05) is 0 Å². The molecule has 102 heavy (non-hydrogen) atoms. The van der Waals surface area contributed by atoms with Crippen molar-refractivity contribution >= 4 is 39.5 Å². The van der Waals surface area contributed by atoms with E-state index in [4.69, 9.17) is 37.0 Å². The molecule has 606 valence electrons. The van der Waals surface area contributed by atoms with E-state index in [1.165, 1.54) is 283 Å². The predicted octanol–water partition coefficient (Wildman–Crippen LogP) is 25.4. The summed E-state index contributed by atoms with van der Waals surface area (Å²) in [4.78, 5) is 73.1. The Bertz CT molecular complexity index is 1930. The number of esters is 4. The van der Waals surface area contributed by atoms with Crippen molar-refractivity contribution in [2.75, 3.05) is 39.6 Å². The number of aliphatic hydroxyl groups is 1. The van der Waals surface area contributed by atoms with E-state index in [0.717, 1.165) is 89.9 Å². The normalized spacial score (nSPS) is 13.8. The van der Waals surface area contributed by atoms with Gasteiger partial charge in [-0.25, -0.2) is 9.13 Å². The Morgan fingerprint density at radius 1 is 0.235 bits per heavy atom. The van der Waals surface area contributed by atoms with Gasteiger partial charge in [-0.1, -0.05) is 400 Å². The highest BCUT2D eigenvalue weighted by Crippen LogP contribution is 2.45. The fraction of sp³-hybridized carbons (Fsp3) is 0.952. The summed E-state index contributed by atoms with van der Waals surface area (Å²) >= 11 is 0. The molecule has 0 aliphatic rings. The van der Waals surface area contributed by atoms with Crippen molar-refractivity contribution in [1.82, 2.24) is 0 Å². The van der Waals surface area contributed by atoms with Crippen molar-refractivity contribution in [2.45, 2.75) is 470 Å². The lowest BCUT2D eigenvalue weighted by molar-refractivity contribution is -0.161. The van der Waals surface area contributed by atoms with Crippen LogP contribution in [0.15, 0.2) is 0 Å². The molecule has 19 heteroatoms. The average Bonchev–Trinajstić information content (AvgIpc) is 0.908. The Balaban J connectivity index is 5.24. The average molecular weight is 1490 g/mol. The van der Waals surface area contributed by atoms with Crippen molar-refractivity contribution in [2.24, 2.45) is 0 Å². The number of phosphoric ester groups is 2. The minimum Gasteiger partial charge on any atom is -0.462 e. The number of hydrogen-bond donors (Lipinski definition) is 3. The van der Waals surface area contributed by atoms with Crippen LogP contribution in [0.1, 0.15) is 451 Å². The number of phosphoric acid groups is 2. The quantitative estimate of drug-likeness (QED) is 0.0222. The Hall–Kier alpha value is -1.94. The molecule has 0 amide bonds. The molecule has 0 saturated carbocycles. The molecule has 0 aliphatic heterocycles. The number of aliphatic hydroxyl groups excluding tert-OH is 1. The SMILES string of the molecule is CCCCCCCCCCCCCCCCCCCCCCC(=O)O[C@H](COC(=O)CCCCCCCCCCCCCCCCCC)COP(=O)(O)OC[C@@H](O)COP(=O)(O)OC[C@@H](COC(=O)CCCCCCCCCCCCCCC)OC(=O)CCCCCCCCCCCCCCC. The summed E-state index contributed by atoms with van der Waals surface area (Å²) < 4.78 is 68.8. The lowest BCUT2D eigenvalue weighted by Gasteiger charge is -2.21. The first-order chi connectivity index (χ1) is 49.7. The number of rotatable bonds is 84.